The van der Waals surface area contributed by atoms with Crippen LogP contribution in [0, 0.1) is 6.92 Å². The molecule has 6 heteroatoms. The molecule has 0 bridgehead atoms. The molecule has 1 aliphatic rings. The maximum atomic E-state index is 11.9. The Hall–Kier alpha value is -1.66. The fourth-order valence-electron chi connectivity index (χ4n) is 2.06. The van der Waals surface area contributed by atoms with Gasteiger partial charge in [0.25, 0.3) is 0 Å². The minimum atomic E-state index is -3.53. The van der Waals surface area contributed by atoms with Gasteiger partial charge in [0.15, 0.2) is 0 Å². The first-order chi connectivity index (χ1) is 9.35. The van der Waals surface area contributed by atoms with Gasteiger partial charge in [0, 0.05) is 31.5 Å². The number of nitrogens with zero attached hydrogens (tertiary/aromatic N) is 1. The Morgan fingerprint density at radius 1 is 1.30 bits per heavy atom. The van der Waals surface area contributed by atoms with Crippen molar-refractivity contribution in [2.75, 3.05) is 13.6 Å². The van der Waals surface area contributed by atoms with Crippen LogP contribution in [0.25, 0.3) is 6.08 Å². The van der Waals surface area contributed by atoms with Crippen molar-refractivity contribution in [1.82, 2.24) is 9.62 Å². The Kier molecular flexibility index (Phi) is 4.25. The summed E-state index contributed by atoms with van der Waals surface area (Å²) in [5, 5.41) is 1.14. The molecule has 1 N–H and O–H groups in total. The number of carbonyl (C=O) groups is 1. The van der Waals surface area contributed by atoms with E-state index in [1.54, 1.807) is 13.1 Å². The van der Waals surface area contributed by atoms with Crippen molar-refractivity contribution >= 4 is 22.0 Å². The van der Waals surface area contributed by atoms with Gasteiger partial charge in [-0.2, -0.15) is 0 Å². The predicted octanol–water partition coefficient (Wildman–Crippen LogP) is 1.12. The number of aryl methyl sites for hydroxylation is 1. The normalized spacial score (nSPS) is 20.0. The molecule has 1 aromatic carbocycles. The maximum Gasteiger partial charge on any atom is 0.234 e. The molecule has 1 amide bonds. The van der Waals surface area contributed by atoms with Gasteiger partial charge in [-0.25, -0.2) is 13.1 Å². The molecule has 0 spiro atoms. The lowest BCUT2D eigenvalue weighted by molar-refractivity contribution is -0.126. The fourth-order valence-corrected chi connectivity index (χ4v) is 3.10. The van der Waals surface area contributed by atoms with Gasteiger partial charge in [-0.1, -0.05) is 29.8 Å². The van der Waals surface area contributed by atoms with Gasteiger partial charge in [0.05, 0.1) is 0 Å². The molecule has 5 nitrogen and oxygen atoms in total. The lowest BCUT2D eigenvalue weighted by Gasteiger charge is -2.10. The Morgan fingerprint density at radius 2 is 1.95 bits per heavy atom. The van der Waals surface area contributed by atoms with Gasteiger partial charge in [-0.15, -0.1) is 0 Å². The Balaban J connectivity index is 2.01. The summed E-state index contributed by atoms with van der Waals surface area (Å²) in [4.78, 5) is 12.9. The van der Waals surface area contributed by atoms with Crippen molar-refractivity contribution in [2.24, 2.45) is 0 Å². The molecule has 1 fully saturated rings. The van der Waals surface area contributed by atoms with E-state index < -0.39 is 10.0 Å². The molecule has 108 valence electrons. The standard InChI is InChI=1S/C14H18N2O3S/c1-11-3-5-12(6-4-11)7-8-20(18,19)15-13-9-14(17)16(2)10-13/h3-8,13,15H,9-10H2,1-2H3/b8-7-/t13-/m1/s1. The quantitative estimate of drug-likeness (QED) is 0.905. The highest BCUT2D eigenvalue weighted by molar-refractivity contribution is 7.92. The summed E-state index contributed by atoms with van der Waals surface area (Å²) in [6.45, 7) is 2.38. The topological polar surface area (TPSA) is 66.5 Å². The van der Waals surface area contributed by atoms with E-state index >= 15 is 0 Å². The van der Waals surface area contributed by atoms with Crippen molar-refractivity contribution < 1.29 is 13.2 Å². The summed E-state index contributed by atoms with van der Waals surface area (Å²) in [5.41, 5.74) is 1.94. The summed E-state index contributed by atoms with van der Waals surface area (Å²) >= 11 is 0. The molecule has 2 rings (SSSR count). The molecule has 0 aliphatic carbocycles. The second kappa shape index (κ2) is 5.76. The smallest absolute Gasteiger partial charge is 0.234 e. The number of benzene rings is 1. The zero-order chi connectivity index (χ0) is 14.8. The Bertz CT molecular complexity index is 620. The van der Waals surface area contributed by atoms with Gasteiger partial charge >= 0.3 is 0 Å². The van der Waals surface area contributed by atoms with Gasteiger partial charge in [0.1, 0.15) is 0 Å². The van der Waals surface area contributed by atoms with Crippen LogP contribution in [0.4, 0.5) is 0 Å². The lowest BCUT2D eigenvalue weighted by atomic mass is 10.2. The van der Waals surface area contributed by atoms with E-state index in [-0.39, 0.29) is 18.4 Å². The monoisotopic (exact) mass is 294 g/mol. The number of nitrogens with one attached hydrogen (secondary N) is 1. The molecule has 1 atom stereocenters. The van der Waals surface area contributed by atoms with Crippen LogP contribution < -0.4 is 4.72 Å². The highest BCUT2D eigenvalue weighted by Crippen LogP contribution is 2.11. The third-order valence-electron chi connectivity index (χ3n) is 3.19. The van der Waals surface area contributed by atoms with Crippen molar-refractivity contribution in [3.8, 4) is 0 Å². The van der Waals surface area contributed by atoms with Crippen LogP contribution in [0.3, 0.4) is 0 Å². The number of hydrogen-bond acceptors (Lipinski definition) is 3. The number of hydrogen-bond donors (Lipinski definition) is 1. The number of carbonyl (C=O) groups excluding carboxylic acids is 1. The second-order valence-corrected chi connectivity index (χ2v) is 6.65. The van der Waals surface area contributed by atoms with Crippen LogP contribution in [-0.4, -0.2) is 38.9 Å². The van der Waals surface area contributed by atoms with Crippen LogP contribution in [0.15, 0.2) is 29.7 Å². The van der Waals surface area contributed by atoms with Crippen molar-refractivity contribution in [2.45, 2.75) is 19.4 Å². The molecular formula is C14H18N2O3S. The maximum absolute atomic E-state index is 11.9. The molecule has 1 aliphatic heterocycles. The van der Waals surface area contributed by atoms with Gasteiger partial charge in [0.2, 0.25) is 15.9 Å². The Labute approximate surface area is 119 Å². The molecule has 0 aromatic heterocycles. The molecule has 1 aromatic rings. The number of rotatable bonds is 4. The number of amides is 1. The fraction of sp³-hybridized carbons (Fsp3) is 0.357. The first kappa shape index (κ1) is 14.7. The lowest BCUT2D eigenvalue weighted by Crippen LogP contribution is -2.35. The SMILES string of the molecule is Cc1ccc(/C=C\S(=O)(=O)N[C@@H]2CC(=O)N(C)C2)cc1. The van der Waals surface area contributed by atoms with E-state index in [4.69, 9.17) is 0 Å². The summed E-state index contributed by atoms with van der Waals surface area (Å²) in [7, 11) is -1.86. The summed E-state index contributed by atoms with van der Waals surface area (Å²) < 4.78 is 26.3. The van der Waals surface area contributed by atoms with E-state index in [2.05, 4.69) is 4.72 Å². The van der Waals surface area contributed by atoms with Crippen LogP contribution in [0.2, 0.25) is 0 Å². The minimum absolute atomic E-state index is 0.0415. The Morgan fingerprint density at radius 3 is 2.50 bits per heavy atom. The second-order valence-electron chi connectivity index (χ2n) is 5.05. The first-order valence-electron chi connectivity index (χ1n) is 6.37. The van der Waals surface area contributed by atoms with E-state index in [9.17, 15) is 13.2 Å². The van der Waals surface area contributed by atoms with E-state index in [0.717, 1.165) is 16.5 Å². The van der Waals surface area contributed by atoms with Crippen LogP contribution in [0.5, 0.6) is 0 Å². The average Bonchev–Trinajstić information content (AvgIpc) is 2.67. The van der Waals surface area contributed by atoms with Gasteiger partial charge in [-0.3, -0.25) is 4.79 Å². The molecule has 1 saturated heterocycles. The molecule has 20 heavy (non-hydrogen) atoms. The minimum Gasteiger partial charge on any atom is -0.344 e. The number of sulfonamides is 1. The molecule has 1 heterocycles. The van der Waals surface area contributed by atoms with Crippen molar-refractivity contribution in [3.05, 3.63) is 40.8 Å². The third kappa shape index (κ3) is 3.91. The molecule has 0 unspecified atom stereocenters. The van der Waals surface area contributed by atoms with Crippen LogP contribution in [-0.2, 0) is 14.8 Å². The summed E-state index contributed by atoms with van der Waals surface area (Å²) in [6.07, 6.45) is 1.76. The van der Waals surface area contributed by atoms with Crippen molar-refractivity contribution in [1.29, 1.82) is 0 Å². The number of likely N-dealkylation sites (N-methyl/N-ethyl adjacent to an activating group) is 1. The third-order valence-corrected chi connectivity index (χ3v) is 4.35. The average molecular weight is 294 g/mol. The number of likely N-dealkylation sites (tertiary alicyclic amines) is 1. The largest absolute Gasteiger partial charge is 0.344 e. The van der Waals surface area contributed by atoms with Crippen LogP contribution >= 0.6 is 0 Å². The first-order valence-corrected chi connectivity index (χ1v) is 7.91. The molecule has 0 saturated carbocycles. The summed E-state index contributed by atoms with van der Waals surface area (Å²) in [5.74, 6) is -0.0415. The molecule has 0 radical (unpaired) electrons. The summed E-state index contributed by atoms with van der Waals surface area (Å²) in [6, 6.07) is 7.21. The van der Waals surface area contributed by atoms with Gasteiger partial charge in [-0.05, 0) is 18.6 Å². The van der Waals surface area contributed by atoms with E-state index in [0.29, 0.717) is 6.54 Å². The van der Waals surface area contributed by atoms with Crippen LogP contribution in [0.1, 0.15) is 17.5 Å². The van der Waals surface area contributed by atoms with Gasteiger partial charge < -0.3 is 4.90 Å². The predicted molar refractivity (Wildman–Crippen MR) is 78.3 cm³/mol. The zero-order valence-corrected chi connectivity index (χ0v) is 12.4. The van der Waals surface area contributed by atoms with E-state index in [1.165, 1.54) is 4.90 Å². The zero-order valence-electron chi connectivity index (χ0n) is 11.5. The van der Waals surface area contributed by atoms with Crippen molar-refractivity contribution in [3.63, 3.8) is 0 Å². The molecular weight excluding hydrogens is 276 g/mol. The van der Waals surface area contributed by atoms with E-state index in [1.807, 2.05) is 31.2 Å². The highest BCUT2D eigenvalue weighted by atomic mass is 32.2. The highest BCUT2D eigenvalue weighted by Gasteiger charge is 2.29.